The number of allylic oxidation sites excluding steroid dienone is 1. The molecule has 0 aromatic heterocycles. The predicted octanol–water partition coefficient (Wildman–Crippen LogP) is 1.02. The van der Waals surface area contributed by atoms with E-state index >= 15 is 0 Å². The maximum Gasteiger partial charge on any atom is 0.327 e. The van der Waals surface area contributed by atoms with Crippen molar-refractivity contribution >= 4 is 5.97 Å². The molecular formula is C8H15NO2. The first-order valence-electron chi connectivity index (χ1n) is 3.83. The second-order valence-corrected chi connectivity index (χ2v) is 2.30. The molecule has 0 saturated carbocycles. The lowest BCUT2D eigenvalue weighted by Gasteiger charge is -1.76. The number of hydrogen-bond acceptors (Lipinski definition) is 2. The average molecular weight is 157 g/mol. The van der Waals surface area contributed by atoms with Gasteiger partial charge in [-0.2, -0.15) is 0 Å². The number of carboxylic acids is 1. The van der Waals surface area contributed by atoms with E-state index in [1.807, 2.05) is 0 Å². The maximum absolute atomic E-state index is 9.51. The quantitative estimate of drug-likeness (QED) is 0.559. The number of aliphatic carboxylic acids is 1. The molecule has 64 valence electrons. The van der Waals surface area contributed by atoms with Crippen LogP contribution in [0.2, 0.25) is 0 Å². The lowest BCUT2D eigenvalue weighted by atomic mass is 10.4. The van der Waals surface area contributed by atoms with E-state index in [0.29, 0.717) is 0 Å². The molecule has 0 aromatic rings. The molecule has 3 heteroatoms. The minimum absolute atomic E-state index is 0.891. The van der Waals surface area contributed by atoms with Crippen LogP contribution in [-0.4, -0.2) is 24.2 Å². The minimum atomic E-state index is -0.891. The second-order valence-electron chi connectivity index (χ2n) is 2.30. The van der Waals surface area contributed by atoms with Crippen molar-refractivity contribution in [1.82, 2.24) is 5.32 Å². The van der Waals surface area contributed by atoms with Gasteiger partial charge in [0.15, 0.2) is 0 Å². The van der Waals surface area contributed by atoms with E-state index in [0.717, 1.165) is 6.08 Å². The molecule has 1 fully saturated rings. The van der Waals surface area contributed by atoms with E-state index in [1.165, 1.54) is 32.0 Å². The summed E-state index contributed by atoms with van der Waals surface area (Å²) in [4.78, 5) is 9.51. The second kappa shape index (κ2) is 7.28. The summed E-state index contributed by atoms with van der Waals surface area (Å²) in [5.74, 6) is -0.891. The molecule has 0 spiro atoms. The Balaban J connectivity index is 0.000000183. The summed E-state index contributed by atoms with van der Waals surface area (Å²) in [5.41, 5.74) is 0. The first-order chi connectivity index (χ1) is 5.27. The normalized spacial score (nSPS) is 16.1. The molecule has 1 saturated heterocycles. The highest BCUT2D eigenvalue weighted by molar-refractivity contribution is 5.79. The van der Waals surface area contributed by atoms with E-state index < -0.39 is 5.97 Å². The van der Waals surface area contributed by atoms with Crippen LogP contribution in [0.3, 0.4) is 0 Å². The minimum Gasteiger partial charge on any atom is -0.478 e. The fraction of sp³-hybridized carbons (Fsp3) is 0.625. The van der Waals surface area contributed by atoms with E-state index in [9.17, 15) is 4.79 Å². The molecular weight excluding hydrogens is 142 g/mol. The molecule has 3 nitrogen and oxygen atoms in total. The highest BCUT2D eigenvalue weighted by atomic mass is 16.4. The lowest BCUT2D eigenvalue weighted by Crippen LogP contribution is -2.03. The molecule has 1 aliphatic heterocycles. The van der Waals surface area contributed by atoms with Crippen LogP contribution in [0.15, 0.2) is 12.2 Å². The van der Waals surface area contributed by atoms with Gasteiger partial charge in [-0.1, -0.05) is 6.08 Å². The molecule has 1 heterocycles. The highest BCUT2D eigenvalue weighted by Gasteiger charge is 1.93. The standard InChI is InChI=1S/C4H9N.C4H6O2/c1-2-4-5-3-1;1-2-3-4(5)6/h5H,1-4H2;2-3H,1H3,(H,5,6). The van der Waals surface area contributed by atoms with Gasteiger partial charge in [-0.05, 0) is 32.9 Å². The van der Waals surface area contributed by atoms with Crippen LogP contribution in [0.4, 0.5) is 0 Å². The third-order valence-corrected chi connectivity index (χ3v) is 1.27. The number of rotatable bonds is 1. The SMILES string of the molecule is C1CCNC1.CC=CC(=O)O. The molecule has 0 radical (unpaired) electrons. The van der Waals surface area contributed by atoms with Crippen LogP contribution in [0.25, 0.3) is 0 Å². The third kappa shape index (κ3) is 9.17. The van der Waals surface area contributed by atoms with Crippen LogP contribution in [0.1, 0.15) is 19.8 Å². The topological polar surface area (TPSA) is 49.3 Å². The number of carboxylic acid groups (broad SMARTS) is 1. The van der Waals surface area contributed by atoms with Crippen LogP contribution in [-0.2, 0) is 4.79 Å². The Morgan fingerprint density at radius 3 is 2.09 bits per heavy atom. The van der Waals surface area contributed by atoms with E-state index in [-0.39, 0.29) is 0 Å². The largest absolute Gasteiger partial charge is 0.478 e. The Hall–Kier alpha value is -0.830. The van der Waals surface area contributed by atoms with Gasteiger partial charge in [0.2, 0.25) is 0 Å². The Morgan fingerprint density at radius 2 is 2.00 bits per heavy atom. The fourth-order valence-corrected chi connectivity index (χ4v) is 0.768. The molecule has 2 N–H and O–H groups in total. The molecule has 0 atom stereocenters. The molecule has 0 bridgehead atoms. The van der Waals surface area contributed by atoms with Gasteiger partial charge in [0, 0.05) is 6.08 Å². The Bertz CT molecular complexity index is 120. The van der Waals surface area contributed by atoms with Crippen molar-refractivity contribution in [3.8, 4) is 0 Å². The van der Waals surface area contributed by atoms with Crippen molar-refractivity contribution in [2.24, 2.45) is 0 Å². The monoisotopic (exact) mass is 157 g/mol. The van der Waals surface area contributed by atoms with Gasteiger partial charge in [-0.3, -0.25) is 0 Å². The molecule has 1 rings (SSSR count). The lowest BCUT2D eigenvalue weighted by molar-refractivity contribution is -0.131. The van der Waals surface area contributed by atoms with Crippen molar-refractivity contribution in [3.05, 3.63) is 12.2 Å². The van der Waals surface area contributed by atoms with Crippen LogP contribution >= 0.6 is 0 Å². The number of hydrogen-bond donors (Lipinski definition) is 2. The van der Waals surface area contributed by atoms with Gasteiger partial charge in [0.05, 0.1) is 0 Å². The van der Waals surface area contributed by atoms with Gasteiger partial charge in [0.25, 0.3) is 0 Å². The van der Waals surface area contributed by atoms with E-state index in [1.54, 1.807) is 6.92 Å². The number of carbonyl (C=O) groups is 1. The van der Waals surface area contributed by atoms with Gasteiger partial charge >= 0.3 is 5.97 Å². The summed E-state index contributed by atoms with van der Waals surface area (Å²) in [6.07, 6.45) is 5.34. The zero-order chi connectivity index (χ0) is 8.53. The fourth-order valence-electron chi connectivity index (χ4n) is 0.768. The van der Waals surface area contributed by atoms with E-state index in [2.05, 4.69) is 5.32 Å². The summed E-state index contributed by atoms with van der Waals surface area (Å²) < 4.78 is 0. The average Bonchev–Trinajstić information content (AvgIpc) is 2.41. The van der Waals surface area contributed by atoms with Crippen molar-refractivity contribution in [1.29, 1.82) is 0 Å². The smallest absolute Gasteiger partial charge is 0.327 e. The zero-order valence-corrected chi connectivity index (χ0v) is 6.84. The summed E-state index contributed by atoms with van der Waals surface area (Å²) in [5, 5.41) is 11.0. The Morgan fingerprint density at radius 1 is 1.45 bits per heavy atom. The summed E-state index contributed by atoms with van der Waals surface area (Å²) >= 11 is 0. The first-order valence-corrected chi connectivity index (χ1v) is 3.83. The molecule has 0 aliphatic carbocycles. The van der Waals surface area contributed by atoms with Crippen LogP contribution in [0, 0.1) is 0 Å². The van der Waals surface area contributed by atoms with Crippen LogP contribution < -0.4 is 5.32 Å². The van der Waals surface area contributed by atoms with E-state index in [4.69, 9.17) is 5.11 Å². The van der Waals surface area contributed by atoms with Crippen LogP contribution in [0.5, 0.6) is 0 Å². The first kappa shape index (κ1) is 10.2. The summed E-state index contributed by atoms with van der Waals surface area (Å²) in [6.45, 7) is 4.16. The van der Waals surface area contributed by atoms with Gasteiger partial charge in [-0.25, -0.2) is 4.79 Å². The zero-order valence-electron chi connectivity index (χ0n) is 6.84. The summed E-state index contributed by atoms with van der Waals surface area (Å²) in [6, 6.07) is 0. The van der Waals surface area contributed by atoms with Crippen molar-refractivity contribution in [2.75, 3.05) is 13.1 Å². The molecule has 1 aliphatic rings. The van der Waals surface area contributed by atoms with Crippen molar-refractivity contribution in [3.63, 3.8) is 0 Å². The molecule has 0 amide bonds. The van der Waals surface area contributed by atoms with Gasteiger partial charge < -0.3 is 10.4 Å². The molecule has 11 heavy (non-hydrogen) atoms. The Kier molecular flexibility index (Phi) is 6.73. The number of nitrogens with one attached hydrogen (secondary N) is 1. The van der Waals surface area contributed by atoms with Crippen molar-refractivity contribution < 1.29 is 9.90 Å². The predicted molar refractivity (Wildman–Crippen MR) is 44.6 cm³/mol. The molecule has 0 aromatic carbocycles. The third-order valence-electron chi connectivity index (χ3n) is 1.27. The Labute approximate surface area is 67.1 Å². The summed E-state index contributed by atoms with van der Waals surface area (Å²) in [7, 11) is 0. The maximum atomic E-state index is 9.51. The van der Waals surface area contributed by atoms with Crippen molar-refractivity contribution in [2.45, 2.75) is 19.8 Å². The highest BCUT2D eigenvalue weighted by Crippen LogP contribution is 1.90. The van der Waals surface area contributed by atoms with Gasteiger partial charge in [-0.15, -0.1) is 0 Å². The van der Waals surface area contributed by atoms with Gasteiger partial charge in [0.1, 0.15) is 0 Å². The molecule has 0 unspecified atom stereocenters.